The van der Waals surface area contributed by atoms with Crippen LogP contribution in [0, 0.1) is 10.8 Å². The third-order valence-corrected chi connectivity index (χ3v) is 6.81. The third-order valence-electron chi connectivity index (χ3n) is 6.81. The normalized spacial score (nSPS) is 12.4. The molecule has 37 heavy (non-hydrogen) atoms. The Balaban J connectivity index is 4.46. The number of hydrogen-bond acceptors (Lipinski definition) is 5. The lowest BCUT2D eigenvalue weighted by molar-refractivity contribution is -0.121. The summed E-state index contributed by atoms with van der Waals surface area (Å²) in [5.74, 6) is 0.172. The Morgan fingerprint density at radius 2 is 1.46 bits per heavy atom. The fourth-order valence-corrected chi connectivity index (χ4v) is 3.92. The molecule has 0 radical (unpaired) electrons. The van der Waals surface area contributed by atoms with Crippen LogP contribution >= 0.6 is 0 Å². The molecule has 0 heterocycles. The average Bonchev–Trinajstić information content (AvgIpc) is 2.81. The van der Waals surface area contributed by atoms with Crippen molar-refractivity contribution in [3.8, 4) is 0 Å². The molecule has 0 aromatic rings. The van der Waals surface area contributed by atoms with Gasteiger partial charge in [-0.25, -0.2) is 0 Å². The van der Waals surface area contributed by atoms with Crippen LogP contribution in [0.5, 0.6) is 0 Å². The highest BCUT2D eigenvalue weighted by Gasteiger charge is 2.25. The molecule has 1 amide bonds. The van der Waals surface area contributed by atoms with Crippen molar-refractivity contribution < 1.29 is 4.79 Å². The zero-order chi connectivity index (χ0) is 28.5. The minimum absolute atomic E-state index is 0.0471. The van der Waals surface area contributed by atoms with Gasteiger partial charge in [-0.3, -0.25) is 4.79 Å². The highest BCUT2D eigenvalue weighted by molar-refractivity contribution is 5.75. The quantitative estimate of drug-likeness (QED) is 0.111. The van der Waals surface area contributed by atoms with Gasteiger partial charge in [-0.1, -0.05) is 80.7 Å². The van der Waals surface area contributed by atoms with E-state index >= 15 is 0 Å². The predicted octanol–water partition coefficient (Wildman–Crippen LogP) is 6.25. The van der Waals surface area contributed by atoms with Gasteiger partial charge in [0, 0.05) is 42.3 Å². The summed E-state index contributed by atoms with van der Waals surface area (Å²) in [5, 5.41) is 13.5. The van der Waals surface area contributed by atoms with Crippen LogP contribution in [0.3, 0.4) is 0 Å². The van der Waals surface area contributed by atoms with Gasteiger partial charge in [0.05, 0.1) is 12.6 Å². The van der Waals surface area contributed by atoms with Gasteiger partial charge >= 0.3 is 0 Å². The van der Waals surface area contributed by atoms with Crippen LogP contribution in [0.4, 0.5) is 0 Å². The summed E-state index contributed by atoms with van der Waals surface area (Å²) in [6.45, 7) is 32.0. The van der Waals surface area contributed by atoms with Gasteiger partial charge in [-0.2, -0.15) is 0 Å². The molecule has 0 fully saturated rings. The molecule has 6 N–H and O–H groups in total. The minimum Gasteiger partial charge on any atom is -0.403 e. The van der Waals surface area contributed by atoms with Crippen molar-refractivity contribution in [3.63, 3.8) is 0 Å². The minimum atomic E-state index is 0.0471. The molecule has 0 aromatic heterocycles. The number of unbranched alkanes of at least 4 members (excludes halogenated alkanes) is 1. The van der Waals surface area contributed by atoms with E-state index in [2.05, 4.69) is 89.1 Å². The molecular formula is C31H59N5O. The first kappa shape index (κ1) is 34.6. The smallest absolute Gasteiger partial charge is 0.220 e. The molecule has 0 aliphatic carbocycles. The van der Waals surface area contributed by atoms with E-state index in [0.717, 1.165) is 88.0 Å². The summed E-state index contributed by atoms with van der Waals surface area (Å²) in [6, 6.07) is 0.0471. The monoisotopic (exact) mass is 517 g/mol. The van der Waals surface area contributed by atoms with Crippen LogP contribution in [-0.4, -0.2) is 31.6 Å². The molecule has 214 valence electrons. The van der Waals surface area contributed by atoms with Gasteiger partial charge in [0.15, 0.2) is 0 Å². The summed E-state index contributed by atoms with van der Waals surface area (Å²) in [4.78, 5) is 12.0. The Hall–Kier alpha value is -2.37. The van der Waals surface area contributed by atoms with Gasteiger partial charge in [0.2, 0.25) is 5.91 Å². The summed E-state index contributed by atoms with van der Waals surface area (Å²) in [7, 11) is 0. The summed E-state index contributed by atoms with van der Waals surface area (Å²) in [6.07, 6.45) is 9.39. The molecule has 0 saturated carbocycles. The molecule has 0 rings (SSSR count). The van der Waals surface area contributed by atoms with Crippen LogP contribution in [0.2, 0.25) is 0 Å². The molecule has 6 nitrogen and oxygen atoms in total. The van der Waals surface area contributed by atoms with E-state index in [0.29, 0.717) is 18.7 Å². The summed E-state index contributed by atoms with van der Waals surface area (Å²) < 4.78 is 0. The van der Waals surface area contributed by atoms with E-state index in [1.54, 1.807) is 0 Å². The number of allylic oxidation sites excluding steroid dienone is 2. The number of carbonyl (C=O) groups excluding carboxylic acids is 1. The fraction of sp³-hybridized carbons (Fsp3) is 0.710. The Bertz CT molecular complexity index is 738. The van der Waals surface area contributed by atoms with Crippen molar-refractivity contribution in [3.05, 3.63) is 49.1 Å². The summed E-state index contributed by atoms with van der Waals surface area (Å²) >= 11 is 0. The van der Waals surface area contributed by atoms with Crippen molar-refractivity contribution >= 4 is 5.91 Å². The van der Waals surface area contributed by atoms with Gasteiger partial charge < -0.3 is 27.0 Å². The van der Waals surface area contributed by atoms with Crippen LogP contribution in [-0.2, 0) is 4.79 Å². The Kier molecular flexibility index (Phi) is 16.8. The lowest BCUT2D eigenvalue weighted by Gasteiger charge is -2.32. The lowest BCUT2D eigenvalue weighted by Crippen LogP contribution is -2.37. The number of amides is 1. The Morgan fingerprint density at radius 1 is 0.811 bits per heavy atom. The van der Waals surface area contributed by atoms with E-state index in [9.17, 15) is 4.79 Å². The largest absolute Gasteiger partial charge is 0.403 e. The summed E-state index contributed by atoms with van der Waals surface area (Å²) in [5.41, 5.74) is 9.63. The number of nitrogens with two attached hydrogens (primary N) is 1. The first-order valence-corrected chi connectivity index (χ1v) is 14.2. The van der Waals surface area contributed by atoms with Crippen LogP contribution in [0.25, 0.3) is 0 Å². The molecule has 0 aliphatic heterocycles. The van der Waals surface area contributed by atoms with Gasteiger partial charge in [0.1, 0.15) is 0 Å². The number of carbonyl (C=O) groups is 1. The first-order chi connectivity index (χ1) is 17.2. The molecule has 0 aliphatic rings. The van der Waals surface area contributed by atoms with E-state index < -0.39 is 0 Å². The molecule has 0 saturated heterocycles. The zero-order valence-electron chi connectivity index (χ0n) is 25.1. The van der Waals surface area contributed by atoms with Crippen LogP contribution in [0.15, 0.2) is 49.1 Å². The maximum absolute atomic E-state index is 12.0. The fourth-order valence-electron chi connectivity index (χ4n) is 3.92. The van der Waals surface area contributed by atoms with E-state index in [1.165, 1.54) is 0 Å². The molecule has 1 unspecified atom stereocenters. The zero-order valence-corrected chi connectivity index (χ0v) is 25.1. The first-order valence-electron chi connectivity index (χ1n) is 14.2. The second kappa shape index (κ2) is 18.0. The van der Waals surface area contributed by atoms with Gasteiger partial charge in [0.25, 0.3) is 0 Å². The third kappa shape index (κ3) is 18.5. The van der Waals surface area contributed by atoms with Crippen LogP contribution in [0.1, 0.15) is 106 Å². The second-order valence-electron chi connectivity index (χ2n) is 12.1. The SMILES string of the molecule is C=C(N)CCC(NC(=C)CCC)C(=C)NCC(=C)NCCC(C)(C)CCC(C)(C)CNC(=O)CCCC. The van der Waals surface area contributed by atoms with Crippen molar-refractivity contribution in [1.82, 2.24) is 21.3 Å². The topological polar surface area (TPSA) is 91.2 Å². The standard InChI is InChI=1S/C31H59N5O/c1-11-13-15-29(37)35-23-31(9,10)19-18-30(7,8)20-21-33-26(5)22-34-27(6)28(17-16-24(3)32)36-25(4)14-12-2/h28,33-34,36H,3-6,11-23,32H2,1-2,7-10H3,(H,35,37). The molecular weight excluding hydrogens is 458 g/mol. The van der Waals surface area contributed by atoms with Crippen molar-refractivity contribution in [2.24, 2.45) is 16.6 Å². The molecule has 0 spiro atoms. The molecule has 0 bridgehead atoms. The highest BCUT2D eigenvalue weighted by Crippen LogP contribution is 2.32. The van der Waals surface area contributed by atoms with E-state index in [1.807, 2.05) is 0 Å². The van der Waals surface area contributed by atoms with E-state index in [4.69, 9.17) is 5.73 Å². The highest BCUT2D eigenvalue weighted by atomic mass is 16.1. The van der Waals surface area contributed by atoms with Crippen molar-refractivity contribution in [2.45, 2.75) is 112 Å². The molecule has 1 atom stereocenters. The maximum Gasteiger partial charge on any atom is 0.220 e. The number of nitrogens with one attached hydrogen (secondary N) is 4. The Morgan fingerprint density at radius 3 is 2.05 bits per heavy atom. The van der Waals surface area contributed by atoms with Crippen molar-refractivity contribution in [1.29, 1.82) is 0 Å². The maximum atomic E-state index is 12.0. The van der Waals surface area contributed by atoms with Gasteiger partial charge in [-0.05, 0) is 55.8 Å². The average molecular weight is 518 g/mol. The second-order valence-corrected chi connectivity index (χ2v) is 12.1. The van der Waals surface area contributed by atoms with Crippen molar-refractivity contribution in [2.75, 3.05) is 19.6 Å². The number of rotatable bonds is 23. The molecule has 6 heteroatoms. The Labute approximate surface area is 229 Å². The number of hydrogen-bond donors (Lipinski definition) is 5. The van der Waals surface area contributed by atoms with Crippen LogP contribution < -0.4 is 27.0 Å². The lowest BCUT2D eigenvalue weighted by atomic mass is 9.77. The predicted molar refractivity (Wildman–Crippen MR) is 162 cm³/mol. The molecule has 0 aromatic carbocycles. The van der Waals surface area contributed by atoms with Gasteiger partial charge in [-0.15, -0.1) is 0 Å². The van der Waals surface area contributed by atoms with E-state index in [-0.39, 0.29) is 22.8 Å².